The summed E-state index contributed by atoms with van der Waals surface area (Å²) in [6, 6.07) is 9.23. The van der Waals surface area contributed by atoms with Crippen LogP contribution < -0.4 is 5.56 Å². The van der Waals surface area contributed by atoms with Crippen molar-refractivity contribution in [2.24, 2.45) is 0 Å². The quantitative estimate of drug-likeness (QED) is 0.545. The fourth-order valence-electron chi connectivity index (χ4n) is 3.62. The van der Waals surface area contributed by atoms with Gasteiger partial charge in [-0.3, -0.25) is 4.79 Å². The molecular weight excluding hydrogens is 366 g/mol. The Balaban J connectivity index is 1.82. The van der Waals surface area contributed by atoms with Crippen LogP contribution >= 0.6 is 11.6 Å². The minimum atomic E-state index is -0.136. The van der Waals surface area contributed by atoms with Crippen LogP contribution in [0.15, 0.2) is 47.7 Å². The minimum Gasteiger partial charge on any atom is -0.376 e. The van der Waals surface area contributed by atoms with Gasteiger partial charge >= 0.3 is 0 Å². The maximum absolute atomic E-state index is 13.4. The topological polar surface area (TPSA) is 74.3 Å². The molecule has 1 saturated heterocycles. The van der Waals surface area contributed by atoms with E-state index in [1.54, 1.807) is 21.3 Å². The third-order valence-electron chi connectivity index (χ3n) is 4.90. The van der Waals surface area contributed by atoms with Crippen molar-refractivity contribution in [2.75, 3.05) is 6.61 Å². The second-order valence-corrected chi connectivity index (χ2v) is 6.99. The first-order chi connectivity index (χ1) is 13.2. The lowest BCUT2D eigenvalue weighted by molar-refractivity contribution is 0.0963. The van der Waals surface area contributed by atoms with Crippen LogP contribution in [0.5, 0.6) is 0 Å². The van der Waals surface area contributed by atoms with Crippen molar-refractivity contribution in [1.29, 1.82) is 0 Å². The third-order valence-corrected chi connectivity index (χ3v) is 5.22. The molecule has 0 amide bonds. The number of fused-ring (bicyclic) bond motifs is 2. The summed E-state index contributed by atoms with van der Waals surface area (Å²) in [5.74, 6) is 0.425. The van der Waals surface area contributed by atoms with Gasteiger partial charge in [-0.15, -0.1) is 0 Å². The van der Waals surface area contributed by atoms with Gasteiger partial charge in [-0.25, -0.2) is 4.98 Å². The van der Waals surface area contributed by atoms with Crippen molar-refractivity contribution >= 4 is 28.3 Å². The van der Waals surface area contributed by atoms with Crippen LogP contribution in [0.2, 0.25) is 5.02 Å². The summed E-state index contributed by atoms with van der Waals surface area (Å²) in [6.45, 7) is 1.27. The monoisotopic (exact) mass is 381 g/mol. The van der Waals surface area contributed by atoms with E-state index in [1.165, 1.54) is 6.33 Å². The van der Waals surface area contributed by atoms with Crippen LogP contribution in [0.4, 0.5) is 0 Å². The van der Waals surface area contributed by atoms with Gasteiger partial charge < -0.3 is 9.30 Å². The first-order valence-corrected chi connectivity index (χ1v) is 9.19. The number of pyridine rings is 1. The second-order valence-electron chi connectivity index (χ2n) is 6.58. The number of rotatable bonds is 3. The van der Waals surface area contributed by atoms with Crippen LogP contribution in [0.25, 0.3) is 27.9 Å². The number of ether oxygens (including phenoxy) is 1. The molecule has 1 aliphatic rings. The first-order valence-electron chi connectivity index (χ1n) is 8.82. The molecule has 1 aromatic carbocycles. The van der Waals surface area contributed by atoms with Crippen molar-refractivity contribution in [1.82, 2.24) is 24.1 Å². The fraction of sp³-hybridized carbons (Fsp3) is 0.263. The van der Waals surface area contributed by atoms with Gasteiger partial charge in [0, 0.05) is 23.4 Å². The maximum atomic E-state index is 13.4. The first kappa shape index (κ1) is 16.4. The van der Waals surface area contributed by atoms with Crippen molar-refractivity contribution in [3.8, 4) is 11.3 Å². The van der Waals surface area contributed by atoms with Gasteiger partial charge in [0.15, 0.2) is 0 Å². The molecule has 3 aromatic heterocycles. The zero-order valence-electron chi connectivity index (χ0n) is 14.4. The Labute approximate surface area is 159 Å². The Morgan fingerprint density at radius 2 is 2.15 bits per heavy atom. The number of hydrogen-bond donors (Lipinski definition) is 0. The molecule has 1 aliphatic heterocycles. The van der Waals surface area contributed by atoms with Crippen molar-refractivity contribution in [2.45, 2.75) is 25.5 Å². The van der Waals surface area contributed by atoms with Crippen LogP contribution in [0.3, 0.4) is 0 Å². The summed E-state index contributed by atoms with van der Waals surface area (Å²) in [7, 11) is 0. The third kappa shape index (κ3) is 2.70. The van der Waals surface area contributed by atoms with E-state index in [2.05, 4.69) is 15.1 Å². The zero-order chi connectivity index (χ0) is 18.4. The molecule has 0 spiro atoms. The van der Waals surface area contributed by atoms with Crippen LogP contribution in [-0.2, 0) is 11.3 Å². The predicted molar refractivity (Wildman–Crippen MR) is 102 cm³/mol. The fourth-order valence-corrected chi connectivity index (χ4v) is 3.84. The van der Waals surface area contributed by atoms with Crippen LogP contribution in [-0.4, -0.2) is 36.9 Å². The standard InChI is InChI=1S/C19H16ClN5O2/c20-14-6-2-1-5-13(14)17-16-15(23-19-21-11-22-25(17)19)7-8-24(18(16)26)10-12-4-3-9-27-12/h1-2,5-8,11-12H,3-4,9-10H2/t12-/m1/s1. The van der Waals surface area contributed by atoms with E-state index in [9.17, 15) is 4.79 Å². The highest BCUT2D eigenvalue weighted by atomic mass is 35.5. The SMILES string of the molecule is O=c1c2c(-c3ccccc3Cl)n3ncnc3nc2ccn1C[C@H]1CCCO1. The van der Waals surface area contributed by atoms with Gasteiger partial charge in [0.05, 0.1) is 29.2 Å². The smallest absolute Gasteiger partial charge is 0.262 e. The van der Waals surface area contributed by atoms with E-state index in [1.807, 2.05) is 24.3 Å². The van der Waals surface area contributed by atoms with Gasteiger partial charge in [0.2, 0.25) is 0 Å². The molecule has 0 bridgehead atoms. The normalized spacial score (nSPS) is 17.1. The summed E-state index contributed by atoms with van der Waals surface area (Å²) in [6.07, 6.45) is 5.24. The summed E-state index contributed by atoms with van der Waals surface area (Å²) >= 11 is 6.45. The largest absolute Gasteiger partial charge is 0.376 e. The van der Waals surface area contributed by atoms with Gasteiger partial charge in [0.1, 0.15) is 6.33 Å². The molecular formula is C19H16ClN5O2. The molecule has 136 valence electrons. The summed E-state index contributed by atoms with van der Waals surface area (Å²) < 4.78 is 8.95. The summed E-state index contributed by atoms with van der Waals surface area (Å²) in [5.41, 5.74) is 1.75. The van der Waals surface area contributed by atoms with Crippen LogP contribution in [0.1, 0.15) is 12.8 Å². The van der Waals surface area contributed by atoms with Gasteiger partial charge in [0.25, 0.3) is 11.3 Å². The highest BCUT2D eigenvalue weighted by Gasteiger charge is 2.21. The van der Waals surface area contributed by atoms with Gasteiger partial charge in [-0.1, -0.05) is 29.8 Å². The Morgan fingerprint density at radius 1 is 1.26 bits per heavy atom. The molecule has 4 heterocycles. The van der Waals surface area contributed by atoms with E-state index < -0.39 is 0 Å². The van der Waals surface area contributed by atoms with Crippen molar-refractivity contribution in [3.63, 3.8) is 0 Å². The minimum absolute atomic E-state index is 0.0620. The van der Waals surface area contributed by atoms with E-state index in [-0.39, 0.29) is 11.7 Å². The molecule has 4 aromatic rings. The highest BCUT2D eigenvalue weighted by molar-refractivity contribution is 6.33. The number of nitrogens with zero attached hydrogens (tertiary/aromatic N) is 5. The lowest BCUT2D eigenvalue weighted by Crippen LogP contribution is -2.27. The van der Waals surface area contributed by atoms with E-state index in [4.69, 9.17) is 16.3 Å². The lowest BCUT2D eigenvalue weighted by Gasteiger charge is -2.14. The van der Waals surface area contributed by atoms with E-state index in [0.717, 1.165) is 19.4 Å². The molecule has 0 N–H and O–H groups in total. The predicted octanol–water partition coefficient (Wildman–Crippen LogP) is 2.94. The molecule has 7 nitrogen and oxygen atoms in total. The Hall–Kier alpha value is -2.77. The summed E-state index contributed by atoms with van der Waals surface area (Å²) in [4.78, 5) is 22.0. The molecule has 1 fully saturated rings. The average molecular weight is 382 g/mol. The molecule has 8 heteroatoms. The number of halogens is 1. The maximum Gasteiger partial charge on any atom is 0.262 e. The molecule has 0 radical (unpaired) electrons. The molecule has 5 rings (SSSR count). The van der Waals surface area contributed by atoms with E-state index in [0.29, 0.717) is 39.5 Å². The number of aromatic nitrogens is 5. The van der Waals surface area contributed by atoms with E-state index >= 15 is 0 Å². The molecule has 1 atom stereocenters. The molecule has 0 unspecified atom stereocenters. The van der Waals surface area contributed by atoms with Gasteiger partial charge in [-0.05, 0) is 25.0 Å². The van der Waals surface area contributed by atoms with Crippen molar-refractivity contribution < 1.29 is 4.74 Å². The Kier molecular flexibility index (Phi) is 3.91. The second kappa shape index (κ2) is 6.44. The molecule has 27 heavy (non-hydrogen) atoms. The summed E-state index contributed by atoms with van der Waals surface area (Å²) in [5, 5.41) is 5.28. The Morgan fingerprint density at radius 3 is 2.96 bits per heavy atom. The van der Waals surface area contributed by atoms with Crippen LogP contribution in [0, 0.1) is 0 Å². The average Bonchev–Trinajstić information content (AvgIpc) is 3.35. The Bertz CT molecular complexity index is 1210. The lowest BCUT2D eigenvalue weighted by atomic mass is 10.1. The number of hydrogen-bond acceptors (Lipinski definition) is 5. The molecule has 0 saturated carbocycles. The van der Waals surface area contributed by atoms with Crippen molar-refractivity contribution in [3.05, 3.63) is 58.2 Å². The van der Waals surface area contributed by atoms with Gasteiger partial charge in [-0.2, -0.15) is 14.6 Å². The molecule has 0 aliphatic carbocycles. The highest BCUT2D eigenvalue weighted by Crippen LogP contribution is 2.31. The zero-order valence-corrected chi connectivity index (χ0v) is 15.1. The number of benzene rings is 1.